The molecule has 0 aliphatic carbocycles. The summed E-state index contributed by atoms with van der Waals surface area (Å²) in [5.74, 6) is 0. The highest BCUT2D eigenvalue weighted by atomic mass is 32.2. The first-order valence-electron chi connectivity index (χ1n) is 3.36. The second kappa shape index (κ2) is 2.34. The number of nitrogens with zero attached hydrogens (tertiary/aromatic N) is 1. The molecule has 0 fully saturated rings. The first kappa shape index (κ1) is 7.82. The average molecular weight is 201 g/mol. The molecule has 0 saturated heterocycles. The molecule has 0 unspecified atom stereocenters. The van der Waals surface area contributed by atoms with E-state index in [1.165, 1.54) is 22.7 Å². The van der Waals surface area contributed by atoms with Gasteiger partial charge in [-0.1, -0.05) is 0 Å². The van der Waals surface area contributed by atoms with E-state index in [-0.39, 0.29) is 0 Å². The number of hydrogen-bond acceptors (Lipinski definition) is 3. The summed E-state index contributed by atoms with van der Waals surface area (Å²) in [6.45, 7) is 0. The molecule has 0 bridgehead atoms. The lowest BCUT2D eigenvalue weighted by Gasteiger charge is -2.17. The standard InChI is InChI=1S/C7H7NO2S2/c1-8-4-2-6-7(3-5-11-6)12(8,9)10/h2-5H,1H3. The van der Waals surface area contributed by atoms with Crippen molar-refractivity contribution in [3.8, 4) is 0 Å². The highest BCUT2D eigenvalue weighted by Crippen LogP contribution is 2.29. The third-order valence-electron chi connectivity index (χ3n) is 1.75. The molecule has 1 aliphatic heterocycles. The predicted molar refractivity (Wildman–Crippen MR) is 48.3 cm³/mol. The van der Waals surface area contributed by atoms with Crippen molar-refractivity contribution >= 4 is 27.4 Å². The average Bonchev–Trinajstić information content (AvgIpc) is 2.46. The van der Waals surface area contributed by atoms with Gasteiger partial charge in [0, 0.05) is 18.1 Å². The molecule has 0 atom stereocenters. The van der Waals surface area contributed by atoms with Crippen LogP contribution in [0.25, 0.3) is 6.08 Å². The number of fused-ring (bicyclic) bond motifs is 1. The lowest BCUT2D eigenvalue weighted by atomic mass is 10.4. The number of hydrogen-bond donors (Lipinski definition) is 0. The van der Waals surface area contributed by atoms with Crippen LogP contribution in [-0.2, 0) is 10.0 Å². The Morgan fingerprint density at radius 3 is 3.00 bits per heavy atom. The van der Waals surface area contributed by atoms with E-state index < -0.39 is 10.0 Å². The second-order valence-corrected chi connectivity index (χ2v) is 5.40. The summed E-state index contributed by atoms with van der Waals surface area (Å²) >= 11 is 1.44. The van der Waals surface area contributed by atoms with Gasteiger partial charge >= 0.3 is 0 Å². The van der Waals surface area contributed by atoms with Gasteiger partial charge in [0.05, 0.1) is 0 Å². The van der Waals surface area contributed by atoms with Crippen molar-refractivity contribution in [3.05, 3.63) is 22.5 Å². The van der Waals surface area contributed by atoms with Gasteiger partial charge in [0.2, 0.25) is 0 Å². The van der Waals surface area contributed by atoms with Gasteiger partial charge in [-0.3, -0.25) is 4.31 Å². The van der Waals surface area contributed by atoms with Crippen molar-refractivity contribution in [1.29, 1.82) is 0 Å². The summed E-state index contributed by atoms with van der Waals surface area (Å²) in [4.78, 5) is 1.23. The first-order valence-corrected chi connectivity index (χ1v) is 5.68. The predicted octanol–water partition coefficient (Wildman–Crippen LogP) is 1.35. The van der Waals surface area contributed by atoms with Crippen molar-refractivity contribution in [2.45, 2.75) is 4.90 Å². The third-order valence-corrected chi connectivity index (χ3v) is 4.55. The minimum atomic E-state index is -3.22. The third kappa shape index (κ3) is 0.899. The van der Waals surface area contributed by atoms with E-state index in [9.17, 15) is 8.42 Å². The van der Waals surface area contributed by atoms with Crippen LogP contribution in [0.3, 0.4) is 0 Å². The second-order valence-electron chi connectivity index (χ2n) is 2.49. The van der Waals surface area contributed by atoms with Crippen LogP contribution in [-0.4, -0.2) is 19.8 Å². The zero-order chi connectivity index (χ0) is 8.77. The molecule has 0 spiro atoms. The normalized spacial score (nSPS) is 19.2. The Balaban J connectivity index is 2.75. The van der Waals surface area contributed by atoms with Gasteiger partial charge in [0.1, 0.15) is 4.90 Å². The molecule has 5 heteroatoms. The van der Waals surface area contributed by atoms with Crippen LogP contribution in [0.2, 0.25) is 0 Å². The maximum absolute atomic E-state index is 11.5. The molecule has 1 aromatic rings. The van der Waals surface area contributed by atoms with E-state index in [1.807, 2.05) is 0 Å². The quantitative estimate of drug-likeness (QED) is 0.635. The van der Waals surface area contributed by atoms with E-state index in [0.717, 1.165) is 4.88 Å². The van der Waals surface area contributed by atoms with E-state index in [1.54, 1.807) is 23.7 Å². The highest BCUT2D eigenvalue weighted by molar-refractivity contribution is 7.89. The summed E-state index contributed by atoms with van der Waals surface area (Å²) in [7, 11) is -1.69. The number of rotatable bonds is 0. The van der Waals surface area contributed by atoms with Crippen LogP contribution in [0.4, 0.5) is 0 Å². The van der Waals surface area contributed by atoms with Gasteiger partial charge < -0.3 is 0 Å². The van der Waals surface area contributed by atoms with Crippen molar-refractivity contribution < 1.29 is 8.42 Å². The molecule has 1 aromatic heterocycles. The fraction of sp³-hybridized carbons (Fsp3) is 0.143. The van der Waals surface area contributed by atoms with Gasteiger partial charge in [-0.25, -0.2) is 8.42 Å². The summed E-state index contributed by atoms with van der Waals surface area (Å²) in [6.07, 6.45) is 3.37. The molecule has 0 aromatic carbocycles. The molecule has 3 nitrogen and oxygen atoms in total. The van der Waals surface area contributed by atoms with E-state index >= 15 is 0 Å². The molecular weight excluding hydrogens is 194 g/mol. The molecule has 64 valence electrons. The van der Waals surface area contributed by atoms with Crippen LogP contribution in [0.15, 0.2) is 22.5 Å². The van der Waals surface area contributed by atoms with E-state index in [4.69, 9.17) is 0 Å². The topological polar surface area (TPSA) is 37.4 Å². The van der Waals surface area contributed by atoms with Crippen LogP contribution < -0.4 is 0 Å². The first-order chi connectivity index (χ1) is 5.62. The molecule has 1 aliphatic rings. The van der Waals surface area contributed by atoms with Crippen LogP contribution >= 0.6 is 11.3 Å². The Kier molecular flexibility index (Phi) is 1.52. The van der Waals surface area contributed by atoms with Gasteiger partial charge in [-0.15, -0.1) is 11.3 Å². The minimum absolute atomic E-state index is 0.414. The Labute approximate surface area is 75.0 Å². The van der Waals surface area contributed by atoms with Crippen molar-refractivity contribution in [3.63, 3.8) is 0 Å². The molecule has 2 rings (SSSR count). The summed E-state index contributed by atoms with van der Waals surface area (Å²) < 4.78 is 24.3. The van der Waals surface area contributed by atoms with Gasteiger partial charge in [-0.2, -0.15) is 0 Å². The zero-order valence-corrected chi connectivity index (χ0v) is 8.02. The van der Waals surface area contributed by atoms with Crippen molar-refractivity contribution in [2.75, 3.05) is 7.05 Å². The maximum Gasteiger partial charge on any atom is 0.264 e. The Morgan fingerprint density at radius 2 is 2.25 bits per heavy atom. The van der Waals surface area contributed by atoms with E-state index in [0.29, 0.717) is 4.90 Å². The maximum atomic E-state index is 11.5. The molecule has 0 radical (unpaired) electrons. The molecule has 0 amide bonds. The zero-order valence-electron chi connectivity index (χ0n) is 6.39. The lowest BCUT2D eigenvalue weighted by Crippen LogP contribution is -2.23. The highest BCUT2D eigenvalue weighted by Gasteiger charge is 2.24. The van der Waals surface area contributed by atoms with Gasteiger partial charge in [0.25, 0.3) is 10.0 Å². The van der Waals surface area contributed by atoms with Gasteiger partial charge in [-0.05, 0) is 17.5 Å². The monoisotopic (exact) mass is 201 g/mol. The molecular formula is C7H7NO2S2. The fourth-order valence-electron chi connectivity index (χ4n) is 1.05. The smallest absolute Gasteiger partial charge is 0.264 e. The number of sulfonamides is 1. The minimum Gasteiger partial charge on any atom is -0.276 e. The Morgan fingerprint density at radius 1 is 1.50 bits per heavy atom. The number of thiophene rings is 1. The Bertz CT molecular complexity index is 430. The van der Waals surface area contributed by atoms with Crippen molar-refractivity contribution in [1.82, 2.24) is 4.31 Å². The lowest BCUT2D eigenvalue weighted by molar-refractivity contribution is 0.538. The van der Waals surface area contributed by atoms with E-state index in [2.05, 4.69) is 0 Å². The van der Waals surface area contributed by atoms with Gasteiger partial charge in [0.15, 0.2) is 0 Å². The largest absolute Gasteiger partial charge is 0.276 e. The van der Waals surface area contributed by atoms with Crippen LogP contribution in [0.1, 0.15) is 4.88 Å². The molecule has 0 saturated carbocycles. The Hall–Kier alpha value is -0.810. The molecule has 0 N–H and O–H groups in total. The molecule has 2 heterocycles. The van der Waals surface area contributed by atoms with Crippen molar-refractivity contribution in [2.24, 2.45) is 0 Å². The summed E-state index contributed by atoms with van der Waals surface area (Å²) in [5, 5.41) is 1.78. The molecule has 12 heavy (non-hydrogen) atoms. The SMILES string of the molecule is CN1C=Cc2sccc2S1(=O)=O. The summed E-state index contributed by atoms with van der Waals surface area (Å²) in [5.41, 5.74) is 0. The fourth-order valence-corrected chi connectivity index (χ4v) is 3.37. The summed E-state index contributed by atoms with van der Waals surface area (Å²) in [6, 6.07) is 1.63. The van der Waals surface area contributed by atoms with Crippen LogP contribution in [0, 0.1) is 0 Å². The van der Waals surface area contributed by atoms with Crippen LogP contribution in [0.5, 0.6) is 0 Å².